The normalized spacial score (nSPS) is 11.3. The molecule has 0 spiro atoms. The lowest BCUT2D eigenvalue weighted by molar-refractivity contribution is -0.121. The maximum atomic E-state index is 12.9. The van der Waals surface area contributed by atoms with Gasteiger partial charge < -0.3 is 15.0 Å². The molecule has 166 valence electrons. The Kier molecular flexibility index (Phi) is 7.41. The molecule has 0 aliphatic heterocycles. The molecule has 31 heavy (non-hydrogen) atoms. The fourth-order valence-electron chi connectivity index (χ4n) is 3.45. The number of aryl methyl sites for hydroxylation is 1. The number of rotatable bonds is 10. The van der Waals surface area contributed by atoms with Crippen LogP contribution in [0, 0.1) is 6.92 Å². The number of ether oxygens (including phenoxy) is 1. The Morgan fingerprint density at radius 2 is 1.87 bits per heavy atom. The molecule has 1 N–H and O–H groups in total. The zero-order valence-corrected chi connectivity index (χ0v) is 18.6. The fraction of sp³-hybridized carbons (Fsp3) is 0.455. The Balaban J connectivity index is 1.72. The molecule has 0 aliphatic rings. The summed E-state index contributed by atoms with van der Waals surface area (Å²) in [6.45, 7) is 9.37. The lowest BCUT2D eigenvalue weighted by Crippen LogP contribution is -2.36. The largest absolute Gasteiger partial charge is 0.497 e. The average Bonchev–Trinajstić information content (AvgIpc) is 3.24. The van der Waals surface area contributed by atoms with Crippen molar-refractivity contribution < 1.29 is 9.53 Å². The number of nitrogens with zero attached hydrogens (tertiary/aromatic N) is 5. The number of amides is 1. The molecule has 9 heteroatoms. The maximum absolute atomic E-state index is 12.9. The Labute approximate surface area is 181 Å². The second kappa shape index (κ2) is 10.2. The fourth-order valence-corrected chi connectivity index (χ4v) is 3.45. The molecule has 3 aromatic rings. The third-order valence-electron chi connectivity index (χ3n) is 5.28. The van der Waals surface area contributed by atoms with Crippen LogP contribution in [0.2, 0.25) is 0 Å². The zero-order chi connectivity index (χ0) is 22.4. The highest BCUT2D eigenvalue weighted by molar-refractivity contribution is 5.75. The van der Waals surface area contributed by atoms with Crippen molar-refractivity contribution >= 4 is 11.4 Å². The van der Waals surface area contributed by atoms with E-state index >= 15 is 0 Å². The Hall–Kier alpha value is -3.20. The van der Waals surface area contributed by atoms with Gasteiger partial charge in [0, 0.05) is 12.1 Å². The minimum absolute atomic E-state index is 0.121. The molecule has 2 aromatic heterocycles. The summed E-state index contributed by atoms with van der Waals surface area (Å²) in [6.07, 6.45) is 0.863. The number of hydrogen-bond acceptors (Lipinski definition) is 6. The molecule has 9 nitrogen and oxygen atoms in total. The van der Waals surface area contributed by atoms with Crippen LogP contribution in [-0.2, 0) is 11.3 Å². The number of methoxy groups -OCH3 is 1. The van der Waals surface area contributed by atoms with Crippen molar-refractivity contribution in [3.63, 3.8) is 0 Å². The minimum atomic E-state index is -0.351. The molecular formula is C22H30N6O3. The van der Waals surface area contributed by atoms with Gasteiger partial charge in [-0.3, -0.25) is 9.59 Å². The third kappa shape index (κ3) is 5.29. The van der Waals surface area contributed by atoms with E-state index in [2.05, 4.69) is 34.3 Å². The number of carbonyl (C=O) groups excluding carboxylic acids is 1. The van der Waals surface area contributed by atoms with Gasteiger partial charge in [0.05, 0.1) is 12.8 Å². The van der Waals surface area contributed by atoms with E-state index in [0.717, 1.165) is 37.4 Å². The summed E-state index contributed by atoms with van der Waals surface area (Å²) in [5.74, 6) is 1.05. The molecule has 0 unspecified atom stereocenters. The summed E-state index contributed by atoms with van der Waals surface area (Å²) in [5.41, 5.74) is 1.55. The maximum Gasteiger partial charge on any atom is 0.293 e. The first-order chi connectivity index (χ1) is 15.0. The molecule has 0 radical (unpaired) electrons. The monoisotopic (exact) mass is 426 g/mol. The summed E-state index contributed by atoms with van der Waals surface area (Å²) < 4.78 is 7.90. The van der Waals surface area contributed by atoms with Gasteiger partial charge in [-0.2, -0.15) is 10.2 Å². The van der Waals surface area contributed by atoms with Gasteiger partial charge in [0.25, 0.3) is 5.56 Å². The summed E-state index contributed by atoms with van der Waals surface area (Å²) in [6, 6.07) is 9.17. The van der Waals surface area contributed by atoms with Crippen molar-refractivity contribution in [1.29, 1.82) is 0 Å². The summed E-state index contributed by atoms with van der Waals surface area (Å²) in [7, 11) is 1.61. The Morgan fingerprint density at radius 3 is 2.52 bits per heavy atom. The van der Waals surface area contributed by atoms with Gasteiger partial charge >= 0.3 is 0 Å². The molecule has 0 fully saturated rings. The summed E-state index contributed by atoms with van der Waals surface area (Å²) >= 11 is 0. The van der Waals surface area contributed by atoms with Crippen LogP contribution in [-0.4, -0.2) is 63.5 Å². The SMILES string of the molecule is CCN(CC)CCCNC(=O)Cn1nc(C)n2nc(-c3ccc(OC)cc3)cc2c1=O. The van der Waals surface area contributed by atoms with Crippen molar-refractivity contribution in [1.82, 2.24) is 29.6 Å². The Morgan fingerprint density at radius 1 is 1.16 bits per heavy atom. The van der Waals surface area contributed by atoms with Crippen molar-refractivity contribution in [2.24, 2.45) is 0 Å². The van der Waals surface area contributed by atoms with Crippen LogP contribution in [0.4, 0.5) is 0 Å². The van der Waals surface area contributed by atoms with E-state index in [1.165, 1.54) is 9.20 Å². The number of benzene rings is 1. The highest BCUT2D eigenvalue weighted by Crippen LogP contribution is 2.21. The molecule has 0 saturated heterocycles. The number of fused-ring (bicyclic) bond motifs is 1. The highest BCUT2D eigenvalue weighted by Gasteiger charge is 2.15. The van der Waals surface area contributed by atoms with Crippen molar-refractivity contribution in [3.05, 3.63) is 46.5 Å². The van der Waals surface area contributed by atoms with E-state index in [4.69, 9.17) is 4.74 Å². The standard InChI is InChI=1S/C22H30N6O3/c1-5-26(6-2)13-7-12-23-21(29)15-27-22(30)20-14-19(25-28(20)16(3)24-27)17-8-10-18(31-4)11-9-17/h8-11,14H,5-7,12-13,15H2,1-4H3,(H,23,29). The van der Waals surface area contributed by atoms with Crippen LogP contribution in [0.5, 0.6) is 5.75 Å². The van der Waals surface area contributed by atoms with Gasteiger partial charge in [0.1, 0.15) is 23.6 Å². The van der Waals surface area contributed by atoms with E-state index in [0.29, 0.717) is 23.6 Å². The van der Waals surface area contributed by atoms with Crippen LogP contribution < -0.4 is 15.6 Å². The number of aromatic nitrogens is 4. The lowest BCUT2D eigenvalue weighted by Gasteiger charge is -2.17. The predicted molar refractivity (Wildman–Crippen MR) is 119 cm³/mol. The van der Waals surface area contributed by atoms with Gasteiger partial charge in [-0.1, -0.05) is 13.8 Å². The summed E-state index contributed by atoms with van der Waals surface area (Å²) in [4.78, 5) is 27.5. The minimum Gasteiger partial charge on any atom is -0.497 e. The highest BCUT2D eigenvalue weighted by atomic mass is 16.5. The van der Waals surface area contributed by atoms with Crippen molar-refractivity contribution in [3.8, 4) is 17.0 Å². The molecular weight excluding hydrogens is 396 g/mol. The molecule has 1 amide bonds. The number of carbonyl (C=O) groups is 1. The van der Waals surface area contributed by atoms with Crippen LogP contribution in [0.15, 0.2) is 35.1 Å². The van der Waals surface area contributed by atoms with Crippen molar-refractivity contribution in [2.75, 3.05) is 33.3 Å². The van der Waals surface area contributed by atoms with E-state index in [-0.39, 0.29) is 18.0 Å². The van der Waals surface area contributed by atoms with E-state index < -0.39 is 0 Å². The molecule has 3 rings (SSSR count). The van der Waals surface area contributed by atoms with Crippen LogP contribution in [0.25, 0.3) is 16.8 Å². The van der Waals surface area contributed by atoms with Gasteiger partial charge in [-0.05, 0) is 63.3 Å². The average molecular weight is 427 g/mol. The Bertz CT molecular complexity index is 1080. The van der Waals surface area contributed by atoms with E-state index in [9.17, 15) is 9.59 Å². The first-order valence-corrected chi connectivity index (χ1v) is 10.6. The summed E-state index contributed by atoms with van der Waals surface area (Å²) in [5, 5.41) is 11.7. The van der Waals surface area contributed by atoms with Crippen LogP contribution >= 0.6 is 0 Å². The first kappa shape index (κ1) is 22.5. The zero-order valence-electron chi connectivity index (χ0n) is 18.6. The van der Waals surface area contributed by atoms with Crippen molar-refractivity contribution in [2.45, 2.75) is 33.7 Å². The second-order valence-electron chi connectivity index (χ2n) is 7.30. The third-order valence-corrected chi connectivity index (χ3v) is 5.28. The number of nitrogens with one attached hydrogen (secondary N) is 1. The van der Waals surface area contributed by atoms with E-state index in [1.54, 1.807) is 20.1 Å². The van der Waals surface area contributed by atoms with Crippen LogP contribution in [0.3, 0.4) is 0 Å². The predicted octanol–water partition coefficient (Wildman–Crippen LogP) is 1.72. The van der Waals surface area contributed by atoms with E-state index in [1.807, 2.05) is 24.3 Å². The molecule has 2 heterocycles. The molecule has 0 saturated carbocycles. The quantitative estimate of drug-likeness (QED) is 0.496. The lowest BCUT2D eigenvalue weighted by atomic mass is 10.1. The van der Waals surface area contributed by atoms with Crippen LogP contribution in [0.1, 0.15) is 26.1 Å². The molecule has 0 atom stereocenters. The smallest absolute Gasteiger partial charge is 0.293 e. The van der Waals surface area contributed by atoms with Gasteiger partial charge in [0.2, 0.25) is 5.91 Å². The molecule has 0 bridgehead atoms. The molecule has 0 aliphatic carbocycles. The van der Waals surface area contributed by atoms with Gasteiger partial charge in [-0.15, -0.1) is 0 Å². The second-order valence-corrected chi connectivity index (χ2v) is 7.30. The topological polar surface area (TPSA) is 93.8 Å². The molecule has 1 aromatic carbocycles. The van der Waals surface area contributed by atoms with Gasteiger partial charge in [-0.25, -0.2) is 9.20 Å². The number of hydrogen-bond donors (Lipinski definition) is 1. The first-order valence-electron chi connectivity index (χ1n) is 10.6. The van der Waals surface area contributed by atoms with Gasteiger partial charge in [0.15, 0.2) is 0 Å².